The maximum atomic E-state index is 11.5. The van der Waals surface area contributed by atoms with Crippen LogP contribution in [0.3, 0.4) is 0 Å². The molecule has 1 fully saturated rings. The number of benzene rings is 1. The highest BCUT2D eigenvalue weighted by atomic mass is 79.9. The summed E-state index contributed by atoms with van der Waals surface area (Å²) in [5.74, 6) is -0.275. The van der Waals surface area contributed by atoms with Gasteiger partial charge in [-0.3, -0.25) is 0 Å². The van der Waals surface area contributed by atoms with Crippen LogP contribution >= 0.6 is 38.2 Å². The molecule has 1 unspecified atom stereocenters. The minimum atomic E-state index is -4.07. The first-order chi connectivity index (χ1) is 9.08. The fourth-order valence-corrected chi connectivity index (χ4v) is 5.49. The first kappa shape index (κ1) is 16.4. The zero-order chi connectivity index (χ0) is 15.1. The lowest BCUT2D eigenvalue weighted by atomic mass is 10.3. The Hall–Kier alpha value is -0.0200. The molecule has 0 bridgehead atoms. The first-order valence-electron chi connectivity index (χ1n) is 5.39. The van der Waals surface area contributed by atoms with E-state index in [1.807, 2.05) is 0 Å². The summed E-state index contributed by atoms with van der Waals surface area (Å²) in [6.45, 7) is 0. The normalized spacial score (nSPS) is 21.9. The third-order valence-corrected chi connectivity index (χ3v) is 6.52. The van der Waals surface area contributed by atoms with Crippen molar-refractivity contribution in [1.29, 1.82) is 0 Å². The fourth-order valence-electron chi connectivity index (χ4n) is 1.85. The van der Waals surface area contributed by atoms with Gasteiger partial charge in [0.05, 0.1) is 16.5 Å². The van der Waals surface area contributed by atoms with Crippen LogP contribution < -0.4 is 4.74 Å². The van der Waals surface area contributed by atoms with Gasteiger partial charge in [0, 0.05) is 15.2 Å². The summed E-state index contributed by atoms with van der Waals surface area (Å²) < 4.78 is 51.8. The second-order valence-corrected chi connectivity index (χ2v) is 10.4. The summed E-state index contributed by atoms with van der Waals surface area (Å²) in [6.07, 6.45) is -0.341. The van der Waals surface area contributed by atoms with Crippen LogP contribution in [0.4, 0.5) is 0 Å². The van der Waals surface area contributed by atoms with E-state index in [0.29, 0.717) is 4.47 Å². The Balaban J connectivity index is 2.42. The summed E-state index contributed by atoms with van der Waals surface area (Å²) in [7, 11) is -1.87. The van der Waals surface area contributed by atoms with Gasteiger partial charge in [-0.15, -0.1) is 0 Å². The average Bonchev–Trinajstić information content (AvgIpc) is 2.60. The van der Waals surface area contributed by atoms with Crippen molar-refractivity contribution in [2.45, 2.75) is 17.4 Å². The summed E-state index contributed by atoms with van der Waals surface area (Å²) in [4.78, 5) is -0.289. The molecule has 112 valence electrons. The quantitative estimate of drug-likeness (QED) is 0.698. The molecule has 2 rings (SSSR count). The lowest BCUT2D eigenvalue weighted by Gasteiger charge is -2.16. The van der Waals surface area contributed by atoms with Gasteiger partial charge >= 0.3 is 0 Å². The van der Waals surface area contributed by atoms with Crippen LogP contribution in [0.25, 0.3) is 0 Å². The Morgan fingerprint density at radius 1 is 1.35 bits per heavy atom. The average molecular weight is 424 g/mol. The molecule has 20 heavy (non-hydrogen) atoms. The second-order valence-electron chi connectivity index (χ2n) is 4.30. The van der Waals surface area contributed by atoms with Crippen molar-refractivity contribution in [3.05, 3.63) is 21.6 Å². The summed E-state index contributed by atoms with van der Waals surface area (Å²) in [6, 6.07) is 2.71. The van der Waals surface area contributed by atoms with Gasteiger partial charge in [0.25, 0.3) is 9.05 Å². The molecule has 0 radical (unpaired) electrons. The van der Waals surface area contributed by atoms with Crippen LogP contribution in [-0.2, 0) is 18.9 Å². The third kappa shape index (κ3) is 3.79. The Bertz CT molecular complexity index is 745. The van der Waals surface area contributed by atoms with Crippen molar-refractivity contribution in [3.63, 3.8) is 0 Å². The minimum Gasteiger partial charge on any atom is -0.486 e. The van der Waals surface area contributed by atoms with Crippen LogP contribution in [0.15, 0.2) is 21.5 Å². The molecular formula is C10H9BrCl2O5S2. The number of halogens is 3. The molecule has 1 aromatic rings. The molecule has 5 nitrogen and oxygen atoms in total. The molecule has 0 amide bonds. The van der Waals surface area contributed by atoms with Crippen molar-refractivity contribution < 1.29 is 21.6 Å². The van der Waals surface area contributed by atoms with E-state index in [2.05, 4.69) is 15.9 Å². The van der Waals surface area contributed by atoms with Crippen LogP contribution in [0, 0.1) is 0 Å². The standard InChI is InChI=1S/C10H9BrCl2O5S2/c11-6-3-8(12)10(9(4-6)20(13,16)17)18-7-1-2-19(14,15)5-7/h3-4,7H,1-2,5H2. The monoisotopic (exact) mass is 422 g/mol. The Labute approximate surface area is 134 Å². The first-order valence-corrected chi connectivity index (χ1v) is 10.7. The number of sulfone groups is 1. The van der Waals surface area contributed by atoms with Crippen molar-refractivity contribution in [3.8, 4) is 5.75 Å². The van der Waals surface area contributed by atoms with Gasteiger partial charge in [0.1, 0.15) is 11.0 Å². The molecule has 1 aromatic carbocycles. The van der Waals surface area contributed by atoms with Crippen molar-refractivity contribution in [1.82, 2.24) is 0 Å². The smallest absolute Gasteiger partial charge is 0.265 e. The zero-order valence-corrected chi connectivity index (χ0v) is 14.6. The molecular weight excluding hydrogens is 415 g/mol. The molecule has 10 heteroatoms. The number of ether oxygens (including phenoxy) is 1. The SMILES string of the molecule is O=S1(=O)CCC(Oc2c(Cl)cc(Br)cc2S(=O)(=O)Cl)C1. The minimum absolute atomic E-state index is 0.00870. The molecule has 0 N–H and O–H groups in total. The van der Waals surface area contributed by atoms with Crippen LogP contribution in [0.1, 0.15) is 6.42 Å². The summed E-state index contributed by atoms with van der Waals surface area (Å²) >= 11 is 9.07. The molecule has 1 heterocycles. The van der Waals surface area contributed by atoms with Crippen LogP contribution in [0.2, 0.25) is 5.02 Å². The number of hydrogen-bond acceptors (Lipinski definition) is 5. The lowest BCUT2D eigenvalue weighted by molar-refractivity contribution is 0.223. The van der Waals surface area contributed by atoms with Gasteiger partial charge in [0.15, 0.2) is 15.6 Å². The molecule has 0 aliphatic carbocycles. The molecule has 1 saturated heterocycles. The molecule has 0 spiro atoms. The van der Waals surface area contributed by atoms with Gasteiger partial charge < -0.3 is 4.74 Å². The Morgan fingerprint density at radius 2 is 2.00 bits per heavy atom. The van der Waals surface area contributed by atoms with Gasteiger partial charge in [-0.25, -0.2) is 16.8 Å². The van der Waals surface area contributed by atoms with E-state index in [1.54, 1.807) is 0 Å². The maximum absolute atomic E-state index is 11.5. The van der Waals surface area contributed by atoms with Gasteiger partial charge in [-0.05, 0) is 18.6 Å². The molecule has 1 aliphatic rings. The number of rotatable bonds is 3. The van der Waals surface area contributed by atoms with Crippen LogP contribution in [-0.4, -0.2) is 34.4 Å². The Morgan fingerprint density at radius 3 is 2.50 bits per heavy atom. The molecule has 1 atom stereocenters. The predicted molar refractivity (Wildman–Crippen MR) is 79.9 cm³/mol. The maximum Gasteiger partial charge on any atom is 0.265 e. The molecule has 1 aliphatic heterocycles. The molecule has 0 aromatic heterocycles. The van der Waals surface area contributed by atoms with E-state index in [1.165, 1.54) is 12.1 Å². The fraction of sp³-hybridized carbons (Fsp3) is 0.400. The summed E-state index contributed by atoms with van der Waals surface area (Å²) in [5, 5.41) is 0.0443. The van der Waals surface area contributed by atoms with Crippen molar-refractivity contribution in [2.24, 2.45) is 0 Å². The molecule has 0 saturated carbocycles. The predicted octanol–water partition coefficient (Wildman–Crippen LogP) is 2.60. The lowest BCUT2D eigenvalue weighted by Crippen LogP contribution is -2.19. The van der Waals surface area contributed by atoms with E-state index >= 15 is 0 Å². The van der Waals surface area contributed by atoms with Gasteiger partial charge in [0.2, 0.25) is 0 Å². The van der Waals surface area contributed by atoms with E-state index < -0.39 is 25.0 Å². The van der Waals surface area contributed by atoms with Crippen molar-refractivity contribution in [2.75, 3.05) is 11.5 Å². The van der Waals surface area contributed by atoms with E-state index in [4.69, 9.17) is 27.0 Å². The topological polar surface area (TPSA) is 77.5 Å². The van der Waals surface area contributed by atoms with Gasteiger partial charge in [-0.2, -0.15) is 0 Å². The van der Waals surface area contributed by atoms with E-state index in [9.17, 15) is 16.8 Å². The Kier molecular flexibility index (Phi) is 4.61. The van der Waals surface area contributed by atoms with E-state index in [0.717, 1.165) is 0 Å². The zero-order valence-electron chi connectivity index (χ0n) is 9.85. The third-order valence-electron chi connectivity index (χ3n) is 2.71. The number of hydrogen-bond donors (Lipinski definition) is 0. The van der Waals surface area contributed by atoms with E-state index in [-0.39, 0.29) is 33.6 Å². The van der Waals surface area contributed by atoms with Crippen molar-refractivity contribution >= 4 is 57.1 Å². The van der Waals surface area contributed by atoms with Gasteiger partial charge in [-0.1, -0.05) is 27.5 Å². The highest BCUT2D eigenvalue weighted by Crippen LogP contribution is 2.38. The highest BCUT2D eigenvalue weighted by molar-refractivity contribution is 9.10. The second kappa shape index (κ2) is 5.64. The highest BCUT2D eigenvalue weighted by Gasteiger charge is 2.32. The van der Waals surface area contributed by atoms with Crippen LogP contribution in [0.5, 0.6) is 5.75 Å². The largest absolute Gasteiger partial charge is 0.486 e. The summed E-state index contributed by atoms with van der Waals surface area (Å²) in [5.41, 5.74) is 0.